The van der Waals surface area contributed by atoms with E-state index in [4.69, 9.17) is 4.74 Å². The molecule has 2 aromatic carbocycles. The van der Waals surface area contributed by atoms with Crippen LogP contribution in [0.3, 0.4) is 0 Å². The van der Waals surface area contributed by atoms with Gasteiger partial charge in [0.2, 0.25) is 5.91 Å². The normalized spacial score (nSPS) is 12.6. The minimum absolute atomic E-state index is 0.350. The molecule has 0 aromatic heterocycles. The van der Waals surface area contributed by atoms with Crippen LogP contribution < -0.4 is 10.6 Å². The van der Waals surface area contributed by atoms with Gasteiger partial charge in [-0.15, -0.1) is 0 Å². The standard InChI is InChI=1S/C28H36N4O4/c1-17-14-18(2)16-22(15-17)24(25(33)31-23-19(3)10-9-11-20(23)4)32(13-12-29)26(34)21(5)30-27(35)36-28(6,7)8/h9-11,14-16,21,24H,13H2,1-8H3,(H,30,35)(H,31,33). The van der Waals surface area contributed by atoms with Crippen molar-refractivity contribution in [1.82, 2.24) is 10.2 Å². The van der Waals surface area contributed by atoms with E-state index in [0.717, 1.165) is 22.3 Å². The second-order valence-electron chi connectivity index (χ2n) is 10.1. The highest BCUT2D eigenvalue weighted by Crippen LogP contribution is 2.28. The Morgan fingerprint density at radius 1 is 1.03 bits per heavy atom. The number of alkyl carbamates (subject to hydrolysis) is 1. The Labute approximate surface area is 213 Å². The number of hydrogen-bond donors (Lipinski definition) is 2. The number of rotatable bonds is 7. The molecule has 8 heteroatoms. The third-order valence-corrected chi connectivity index (χ3v) is 5.48. The van der Waals surface area contributed by atoms with Gasteiger partial charge in [0, 0.05) is 5.69 Å². The van der Waals surface area contributed by atoms with Crippen LogP contribution in [0.5, 0.6) is 0 Å². The number of hydrogen-bond acceptors (Lipinski definition) is 5. The summed E-state index contributed by atoms with van der Waals surface area (Å²) in [4.78, 5) is 40.8. The van der Waals surface area contributed by atoms with E-state index in [1.807, 2.05) is 70.2 Å². The number of benzene rings is 2. The predicted molar refractivity (Wildman–Crippen MR) is 139 cm³/mol. The maximum absolute atomic E-state index is 13.8. The number of carbonyl (C=O) groups excluding carboxylic acids is 3. The van der Waals surface area contributed by atoms with Gasteiger partial charge < -0.3 is 20.3 Å². The summed E-state index contributed by atoms with van der Waals surface area (Å²) in [5.74, 6) is -1.03. The van der Waals surface area contributed by atoms with Crippen LogP contribution in [-0.2, 0) is 14.3 Å². The summed E-state index contributed by atoms with van der Waals surface area (Å²) in [5, 5.41) is 15.1. The second-order valence-corrected chi connectivity index (χ2v) is 10.1. The number of nitriles is 1. The van der Waals surface area contributed by atoms with Crippen molar-refractivity contribution in [3.05, 3.63) is 64.2 Å². The molecule has 0 heterocycles. The second kappa shape index (κ2) is 11.7. The quantitative estimate of drug-likeness (QED) is 0.536. The Morgan fingerprint density at radius 2 is 1.58 bits per heavy atom. The highest BCUT2D eigenvalue weighted by molar-refractivity contribution is 6.00. The molecule has 0 saturated heterocycles. The Balaban J connectivity index is 2.50. The number of aryl methyl sites for hydroxylation is 4. The van der Waals surface area contributed by atoms with Crippen molar-refractivity contribution in [1.29, 1.82) is 5.26 Å². The van der Waals surface area contributed by atoms with E-state index in [-0.39, 0.29) is 6.54 Å². The van der Waals surface area contributed by atoms with E-state index >= 15 is 0 Å². The molecule has 36 heavy (non-hydrogen) atoms. The SMILES string of the molecule is Cc1cc(C)cc(C(C(=O)Nc2c(C)cccc2C)N(CC#N)C(=O)C(C)NC(=O)OC(C)(C)C)c1. The minimum atomic E-state index is -1.10. The molecule has 0 fully saturated rings. The molecule has 192 valence electrons. The lowest BCUT2D eigenvalue weighted by Crippen LogP contribution is -2.51. The molecular formula is C28H36N4O4. The fraction of sp³-hybridized carbons (Fsp3) is 0.429. The van der Waals surface area contributed by atoms with Gasteiger partial charge in [-0.1, -0.05) is 47.5 Å². The van der Waals surface area contributed by atoms with Gasteiger partial charge in [-0.25, -0.2) is 4.79 Å². The summed E-state index contributed by atoms with van der Waals surface area (Å²) in [5.41, 5.74) is 4.07. The molecule has 3 amide bonds. The van der Waals surface area contributed by atoms with Crippen LogP contribution in [-0.4, -0.2) is 41.0 Å². The molecule has 0 aliphatic heterocycles. The van der Waals surface area contributed by atoms with Crippen LogP contribution >= 0.6 is 0 Å². The molecule has 0 spiro atoms. The molecule has 0 bridgehead atoms. The third kappa shape index (κ3) is 7.57. The van der Waals surface area contributed by atoms with E-state index in [1.165, 1.54) is 11.8 Å². The molecule has 2 N–H and O–H groups in total. The van der Waals surface area contributed by atoms with Crippen LogP contribution in [0.4, 0.5) is 10.5 Å². The van der Waals surface area contributed by atoms with Crippen LogP contribution in [0.25, 0.3) is 0 Å². The molecule has 2 rings (SSSR count). The first-order chi connectivity index (χ1) is 16.7. The summed E-state index contributed by atoms with van der Waals surface area (Å²) < 4.78 is 5.26. The monoisotopic (exact) mass is 492 g/mol. The summed E-state index contributed by atoms with van der Waals surface area (Å²) >= 11 is 0. The fourth-order valence-corrected chi connectivity index (χ4v) is 4.01. The van der Waals surface area contributed by atoms with E-state index in [0.29, 0.717) is 11.3 Å². The number of amides is 3. The largest absolute Gasteiger partial charge is 0.444 e. The zero-order valence-corrected chi connectivity index (χ0v) is 22.4. The Morgan fingerprint density at radius 3 is 2.08 bits per heavy atom. The first kappa shape index (κ1) is 28.4. The maximum Gasteiger partial charge on any atom is 0.408 e. The lowest BCUT2D eigenvalue weighted by atomic mass is 9.98. The Hall–Kier alpha value is -3.86. The number of carbonyl (C=O) groups is 3. The lowest BCUT2D eigenvalue weighted by Gasteiger charge is -2.32. The number of nitrogens with zero attached hydrogens (tertiary/aromatic N) is 2. The van der Waals surface area contributed by atoms with Crippen LogP contribution in [0.15, 0.2) is 36.4 Å². The van der Waals surface area contributed by atoms with E-state index < -0.39 is 35.6 Å². The van der Waals surface area contributed by atoms with E-state index in [9.17, 15) is 19.6 Å². The van der Waals surface area contributed by atoms with Crippen LogP contribution in [0, 0.1) is 39.0 Å². The molecule has 2 unspecified atom stereocenters. The maximum atomic E-state index is 13.8. The zero-order valence-electron chi connectivity index (χ0n) is 22.4. The van der Waals surface area contributed by atoms with E-state index in [2.05, 4.69) is 10.6 Å². The van der Waals surface area contributed by atoms with Gasteiger partial charge in [0.05, 0.1) is 6.07 Å². The van der Waals surface area contributed by atoms with Crippen molar-refractivity contribution in [2.75, 3.05) is 11.9 Å². The average Bonchev–Trinajstić information content (AvgIpc) is 2.73. The predicted octanol–water partition coefficient (Wildman–Crippen LogP) is 4.87. The van der Waals surface area contributed by atoms with Crippen LogP contribution in [0.1, 0.15) is 61.6 Å². The molecule has 0 radical (unpaired) electrons. The van der Waals surface area contributed by atoms with Gasteiger partial charge in [0.15, 0.2) is 0 Å². The Kier molecular flexibility index (Phi) is 9.23. The van der Waals surface area contributed by atoms with Crippen molar-refractivity contribution in [3.63, 3.8) is 0 Å². The highest BCUT2D eigenvalue weighted by Gasteiger charge is 2.35. The number of ether oxygens (including phenoxy) is 1. The summed E-state index contributed by atoms with van der Waals surface area (Å²) in [6, 6.07) is 11.2. The highest BCUT2D eigenvalue weighted by atomic mass is 16.6. The summed E-state index contributed by atoms with van der Waals surface area (Å²) in [6.45, 7) is 13.9. The molecular weight excluding hydrogens is 456 g/mol. The van der Waals surface area contributed by atoms with Crippen molar-refractivity contribution in [2.45, 2.75) is 73.1 Å². The van der Waals surface area contributed by atoms with Crippen molar-refractivity contribution in [2.24, 2.45) is 0 Å². The number of anilines is 1. The third-order valence-electron chi connectivity index (χ3n) is 5.48. The molecule has 0 aliphatic rings. The van der Waals surface area contributed by atoms with Crippen LogP contribution in [0.2, 0.25) is 0 Å². The smallest absolute Gasteiger partial charge is 0.408 e. The fourth-order valence-electron chi connectivity index (χ4n) is 4.01. The van der Waals surface area contributed by atoms with E-state index in [1.54, 1.807) is 20.8 Å². The molecule has 2 atom stereocenters. The van der Waals surface area contributed by atoms with Gasteiger partial charge in [-0.05, 0) is 72.1 Å². The molecule has 8 nitrogen and oxygen atoms in total. The van der Waals surface area contributed by atoms with Gasteiger partial charge in [0.1, 0.15) is 24.2 Å². The first-order valence-electron chi connectivity index (χ1n) is 11.9. The number of para-hydroxylation sites is 1. The van der Waals surface area contributed by atoms with Crippen molar-refractivity contribution >= 4 is 23.6 Å². The Bertz CT molecular complexity index is 1140. The molecule has 0 aliphatic carbocycles. The van der Waals surface area contributed by atoms with Gasteiger partial charge in [0.25, 0.3) is 5.91 Å². The van der Waals surface area contributed by atoms with Gasteiger partial charge in [-0.3, -0.25) is 9.59 Å². The summed E-state index contributed by atoms with van der Waals surface area (Å²) in [7, 11) is 0. The average molecular weight is 493 g/mol. The molecule has 0 saturated carbocycles. The zero-order chi connectivity index (χ0) is 27.2. The summed E-state index contributed by atoms with van der Waals surface area (Å²) in [6.07, 6.45) is -0.761. The molecule has 2 aromatic rings. The van der Waals surface area contributed by atoms with Crippen molar-refractivity contribution < 1.29 is 19.1 Å². The van der Waals surface area contributed by atoms with Gasteiger partial charge >= 0.3 is 6.09 Å². The van der Waals surface area contributed by atoms with Crippen molar-refractivity contribution in [3.8, 4) is 6.07 Å². The minimum Gasteiger partial charge on any atom is -0.444 e. The van der Waals surface area contributed by atoms with Gasteiger partial charge in [-0.2, -0.15) is 5.26 Å². The lowest BCUT2D eigenvalue weighted by molar-refractivity contribution is -0.139. The number of nitrogens with one attached hydrogen (secondary N) is 2. The topological polar surface area (TPSA) is 112 Å². The first-order valence-corrected chi connectivity index (χ1v) is 11.9.